The smallest absolute Gasteiger partial charge is 0.277 e. The summed E-state index contributed by atoms with van der Waals surface area (Å²) in [7, 11) is 0. The monoisotopic (exact) mass is 333 g/mol. The summed E-state index contributed by atoms with van der Waals surface area (Å²) in [5, 5.41) is 7.25. The van der Waals surface area contributed by atoms with Crippen LogP contribution in [0.2, 0.25) is 5.02 Å². The maximum absolute atomic E-state index is 12.3. The summed E-state index contributed by atoms with van der Waals surface area (Å²) < 4.78 is 4.96. The number of hydrogen-bond donors (Lipinski definition) is 1. The molecule has 1 aromatic heterocycles. The van der Waals surface area contributed by atoms with E-state index in [1.165, 1.54) is 6.42 Å². The Hall–Kier alpha value is -2.01. The molecule has 2 heterocycles. The second-order valence-corrected chi connectivity index (χ2v) is 6.57. The molecule has 122 valence electrons. The lowest BCUT2D eigenvalue weighted by atomic mass is 9.99. The van der Waals surface area contributed by atoms with Gasteiger partial charge >= 0.3 is 0 Å². The van der Waals surface area contributed by atoms with Gasteiger partial charge in [-0.25, -0.2) is 0 Å². The Balaban J connectivity index is 1.85. The molecule has 1 aliphatic heterocycles. The molecule has 1 atom stereocenters. The first-order chi connectivity index (χ1) is 11.0. The van der Waals surface area contributed by atoms with Crippen LogP contribution in [0.4, 0.5) is 11.4 Å². The van der Waals surface area contributed by atoms with Crippen molar-refractivity contribution in [2.75, 3.05) is 23.3 Å². The average molecular weight is 334 g/mol. The van der Waals surface area contributed by atoms with E-state index >= 15 is 0 Å². The summed E-state index contributed by atoms with van der Waals surface area (Å²) in [6, 6.07) is 7.21. The second-order valence-electron chi connectivity index (χ2n) is 6.13. The highest BCUT2D eigenvalue weighted by Crippen LogP contribution is 2.32. The van der Waals surface area contributed by atoms with E-state index in [0.29, 0.717) is 22.4 Å². The Bertz CT molecular complexity index is 714. The van der Waals surface area contributed by atoms with Crippen LogP contribution >= 0.6 is 11.6 Å². The number of aryl methyl sites for hydroxylation is 1. The van der Waals surface area contributed by atoms with Gasteiger partial charge in [-0.3, -0.25) is 4.79 Å². The Morgan fingerprint density at radius 3 is 2.96 bits per heavy atom. The molecule has 1 N–H and O–H groups in total. The summed E-state index contributed by atoms with van der Waals surface area (Å²) in [5.74, 6) is 0.947. The van der Waals surface area contributed by atoms with Gasteiger partial charge in [0.2, 0.25) is 0 Å². The van der Waals surface area contributed by atoms with Gasteiger partial charge in [0.25, 0.3) is 5.91 Å². The second kappa shape index (κ2) is 6.62. The molecule has 0 aliphatic carbocycles. The van der Waals surface area contributed by atoms with Crippen molar-refractivity contribution in [3.05, 3.63) is 40.7 Å². The lowest BCUT2D eigenvalue weighted by molar-refractivity contribution is 0.101. The number of carbonyl (C=O) groups is 1. The summed E-state index contributed by atoms with van der Waals surface area (Å²) in [6.07, 6.45) is 2.39. The molecule has 0 spiro atoms. The zero-order valence-corrected chi connectivity index (χ0v) is 14.1. The third kappa shape index (κ3) is 3.67. The van der Waals surface area contributed by atoms with E-state index in [4.69, 9.17) is 16.1 Å². The highest BCUT2D eigenvalue weighted by molar-refractivity contribution is 6.31. The molecule has 2 aromatic rings. The van der Waals surface area contributed by atoms with Crippen LogP contribution in [0.25, 0.3) is 0 Å². The third-order valence-corrected chi connectivity index (χ3v) is 4.30. The topological polar surface area (TPSA) is 58.4 Å². The van der Waals surface area contributed by atoms with E-state index < -0.39 is 0 Å². The van der Waals surface area contributed by atoms with Crippen LogP contribution in [0.15, 0.2) is 28.8 Å². The standard InChI is InChI=1S/C17H20ClN3O2/c1-11-4-3-7-21(10-11)16-6-5-13(18)9-14(16)19-17(22)15-8-12(2)23-20-15/h5-6,8-9,11H,3-4,7,10H2,1-2H3,(H,19,22). The molecule has 5 nitrogen and oxygen atoms in total. The van der Waals surface area contributed by atoms with Crippen molar-refractivity contribution >= 4 is 28.9 Å². The third-order valence-electron chi connectivity index (χ3n) is 4.07. The van der Waals surface area contributed by atoms with E-state index in [1.54, 1.807) is 19.1 Å². The van der Waals surface area contributed by atoms with Crippen LogP contribution < -0.4 is 10.2 Å². The van der Waals surface area contributed by atoms with Crippen molar-refractivity contribution in [1.29, 1.82) is 0 Å². The van der Waals surface area contributed by atoms with Crippen molar-refractivity contribution in [2.24, 2.45) is 5.92 Å². The largest absolute Gasteiger partial charge is 0.370 e. The molecule has 1 unspecified atom stereocenters. The molecule has 23 heavy (non-hydrogen) atoms. The van der Waals surface area contributed by atoms with Gasteiger partial charge in [0, 0.05) is 24.2 Å². The van der Waals surface area contributed by atoms with Crippen LogP contribution in [0, 0.1) is 12.8 Å². The van der Waals surface area contributed by atoms with Gasteiger partial charge in [-0.15, -0.1) is 0 Å². The number of piperidine rings is 1. The van der Waals surface area contributed by atoms with Gasteiger partial charge in [-0.05, 0) is 43.9 Å². The molecule has 0 saturated carbocycles. The fourth-order valence-corrected chi connectivity index (χ4v) is 3.12. The first-order valence-corrected chi connectivity index (χ1v) is 8.20. The zero-order valence-electron chi connectivity index (χ0n) is 13.3. The number of aromatic nitrogens is 1. The first kappa shape index (κ1) is 15.9. The van der Waals surface area contributed by atoms with Gasteiger partial charge in [-0.1, -0.05) is 23.7 Å². The lowest BCUT2D eigenvalue weighted by Crippen LogP contribution is -2.34. The number of nitrogens with zero attached hydrogens (tertiary/aromatic N) is 2. The van der Waals surface area contributed by atoms with Crippen molar-refractivity contribution < 1.29 is 9.32 Å². The van der Waals surface area contributed by atoms with Crippen molar-refractivity contribution in [2.45, 2.75) is 26.7 Å². The van der Waals surface area contributed by atoms with Crippen molar-refractivity contribution in [3.63, 3.8) is 0 Å². The number of halogens is 1. The molecular formula is C17H20ClN3O2. The summed E-state index contributed by atoms with van der Waals surface area (Å²) >= 11 is 6.11. The van der Waals surface area contributed by atoms with Crippen LogP contribution in [0.1, 0.15) is 36.0 Å². The molecule has 6 heteroatoms. The van der Waals surface area contributed by atoms with Crippen LogP contribution in [-0.2, 0) is 0 Å². The number of anilines is 2. The molecule has 0 radical (unpaired) electrons. The predicted molar refractivity (Wildman–Crippen MR) is 91.3 cm³/mol. The molecule has 1 amide bonds. The number of amides is 1. The van der Waals surface area contributed by atoms with Crippen LogP contribution in [0.3, 0.4) is 0 Å². The minimum Gasteiger partial charge on any atom is -0.370 e. The fourth-order valence-electron chi connectivity index (χ4n) is 2.95. The first-order valence-electron chi connectivity index (χ1n) is 7.82. The Morgan fingerprint density at radius 1 is 1.43 bits per heavy atom. The van der Waals surface area contributed by atoms with E-state index in [2.05, 4.69) is 22.3 Å². The number of rotatable bonds is 3. The van der Waals surface area contributed by atoms with E-state index in [9.17, 15) is 4.79 Å². The Labute approximate surface area is 140 Å². The molecule has 1 aliphatic rings. The molecule has 0 bridgehead atoms. The van der Waals surface area contributed by atoms with Crippen LogP contribution in [-0.4, -0.2) is 24.2 Å². The SMILES string of the molecule is Cc1cc(C(=O)Nc2cc(Cl)ccc2N2CCCC(C)C2)no1. The normalized spacial score (nSPS) is 18.0. The molecule has 3 rings (SSSR count). The van der Waals surface area contributed by atoms with E-state index in [-0.39, 0.29) is 11.6 Å². The van der Waals surface area contributed by atoms with Crippen molar-refractivity contribution in [1.82, 2.24) is 5.16 Å². The lowest BCUT2D eigenvalue weighted by Gasteiger charge is -2.34. The quantitative estimate of drug-likeness (QED) is 0.917. The number of nitrogens with one attached hydrogen (secondary N) is 1. The molecular weight excluding hydrogens is 314 g/mol. The molecule has 1 fully saturated rings. The van der Waals surface area contributed by atoms with Gasteiger partial charge in [0.05, 0.1) is 11.4 Å². The Morgan fingerprint density at radius 2 is 2.26 bits per heavy atom. The summed E-state index contributed by atoms with van der Waals surface area (Å²) in [4.78, 5) is 14.6. The summed E-state index contributed by atoms with van der Waals surface area (Å²) in [5.41, 5.74) is 1.97. The maximum atomic E-state index is 12.3. The number of carbonyl (C=O) groups excluding carboxylic acids is 1. The predicted octanol–water partition coefficient (Wildman–Crippen LogP) is 4.13. The minimum absolute atomic E-state index is 0.264. The zero-order chi connectivity index (χ0) is 16.4. The fraction of sp³-hybridized carbons (Fsp3) is 0.412. The number of hydrogen-bond acceptors (Lipinski definition) is 4. The molecule has 1 saturated heterocycles. The van der Waals surface area contributed by atoms with E-state index in [0.717, 1.165) is 25.2 Å². The van der Waals surface area contributed by atoms with E-state index in [1.807, 2.05) is 12.1 Å². The van der Waals surface area contributed by atoms with Gasteiger partial charge in [-0.2, -0.15) is 0 Å². The highest BCUT2D eigenvalue weighted by Gasteiger charge is 2.21. The summed E-state index contributed by atoms with van der Waals surface area (Å²) in [6.45, 7) is 5.97. The van der Waals surface area contributed by atoms with Gasteiger partial charge in [0.1, 0.15) is 5.76 Å². The van der Waals surface area contributed by atoms with Gasteiger partial charge < -0.3 is 14.7 Å². The minimum atomic E-state index is -0.296. The Kier molecular flexibility index (Phi) is 4.57. The molecule has 1 aromatic carbocycles. The maximum Gasteiger partial charge on any atom is 0.277 e. The number of benzene rings is 1. The highest BCUT2D eigenvalue weighted by atomic mass is 35.5. The van der Waals surface area contributed by atoms with Gasteiger partial charge in [0.15, 0.2) is 5.69 Å². The van der Waals surface area contributed by atoms with Crippen molar-refractivity contribution in [3.8, 4) is 0 Å². The van der Waals surface area contributed by atoms with Crippen LogP contribution in [0.5, 0.6) is 0 Å². The average Bonchev–Trinajstić information content (AvgIpc) is 2.94.